The van der Waals surface area contributed by atoms with Crippen molar-refractivity contribution >= 4 is 12.0 Å². The van der Waals surface area contributed by atoms with Crippen molar-refractivity contribution in [3.05, 3.63) is 40.5 Å². The Morgan fingerprint density at radius 1 is 1.24 bits per heavy atom. The summed E-state index contributed by atoms with van der Waals surface area (Å²) >= 11 is 0. The number of aryl methyl sites for hydroxylation is 3. The highest BCUT2D eigenvalue weighted by molar-refractivity contribution is 5.76. The molecule has 1 amide bonds. The van der Waals surface area contributed by atoms with Crippen molar-refractivity contribution in [2.24, 2.45) is 5.73 Å². The van der Waals surface area contributed by atoms with Gasteiger partial charge in [0.1, 0.15) is 0 Å². The molecule has 17 heavy (non-hydrogen) atoms. The van der Waals surface area contributed by atoms with Crippen LogP contribution in [0, 0.1) is 6.92 Å². The van der Waals surface area contributed by atoms with E-state index < -0.39 is 0 Å². The van der Waals surface area contributed by atoms with E-state index in [1.807, 2.05) is 12.2 Å². The monoisotopic (exact) mass is 231 g/mol. The highest BCUT2D eigenvalue weighted by atomic mass is 16.1. The summed E-state index contributed by atoms with van der Waals surface area (Å²) in [7, 11) is 0. The molecule has 0 atom stereocenters. The summed E-state index contributed by atoms with van der Waals surface area (Å²) in [4.78, 5) is 10.7. The summed E-state index contributed by atoms with van der Waals surface area (Å²) in [6.45, 7) is 6.43. The van der Waals surface area contributed by atoms with Gasteiger partial charge in [-0.2, -0.15) is 0 Å². The molecule has 0 unspecified atom stereocenters. The lowest BCUT2D eigenvalue weighted by molar-refractivity contribution is -0.117. The first-order valence-corrected chi connectivity index (χ1v) is 6.15. The smallest absolute Gasteiger partial charge is 0.221 e. The fraction of sp³-hybridized carbons (Fsp3) is 0.400. The van der Waals surface area contributed by atoms with Crippen LogP contribution in [0.15, 0.2) is 18.2 Å². The van der Waals surface area contributed by atoms with Crippen LogP contribution < -0.4 is 5.73 Å². The molecule has 0 spiro atoms. The van der Waals surface area contributed by atoms with E-state index in [-0.39, 0.29) is 5.91 Å². The maximum Gasteiger partial charge on any atom is 0.221 e. The van der Waals surface area contributed by atoms with Crippen LogP contribution in [0.2, 0.25) is 0 Å². The van der Waals surface area contributed by atoms with Crippen molar-refractivity contribution in [1.82, 2.24) is 0 Å². The Bertz CT molecular complexity index is 408. The number of hydrogen-bond donors (Lipinski definition) is 1. The summed E-state index contributed by atoms with van der Waals surface area (Å²) in [6, 6.07) is 4.42. The van der Waals surface area contributed by atoms with Gasteiger partial charge in [-0.1, -0.05) is 43.7 Å². The van der Waals surface area contributed by atoms with Crippen LogP contribution in [-0.2, 0) is 17.6 Å². The van der Waals surface area contributed by atoms with Crippen molar-refractivity contribution in [1.29, 1.82) is 0 Å². The number of hydrogen-bond acceptors (Lipinski definition) is 1. The average Bonchev–Trinajstić information content (AvgIpc) is 2.29. The third kappa shape index (κ3) is 3.74. The van der Waals surface area contributed by atoms with E-state index in [0.717, 1.165) is 12.8 Å². The van der Waals surface area contributed by atoms with Crippen LogP contribution in [0.4, 0.5) is 0 Å². The van der Waals surface area contributed by atoms with Crippen molar-refractivity contribution in [3.8, 4) is 0 Å². The Hall–Kier alpha value is -1.57. The van der Waals surface area contributed by atoms with Gasteiger partial charge in [0.25, 0.3) is 0 Å². The molecule has 0 bridgehead atoms. The number of benzene rings is 1. The number of primary amides is 1. The first-order chi connectivity index (χ1) is 8.08. The molecule has 0 aliphatic carbocycles. The van der Waals surface area contributed by atoms with E-state index in [1.54, 1.807) is 0 Å². The molecule has 0 saturated heterocycles. The van der Waals surface area contributed by atoms with Crippen molar-refractivity contribution in [2.45, 2.75) is 40.0 Å². The minimum Gasteiger partial charge on any atom is -0.369 e. The largest absolute Gasteiger partial charge is 0.369 e. The SMILES string of the molecule is CCc1cc(C)cc(CC)c1C=CCC(N)=O. The third-order valence-corrected chi connectivity index (χ3v) is 2.86. The first kappa shape index (κ1) is 13.5. The second-order valence-corrected chi connectivity index (χ2v) is 4.28. The Kier molecular flexibility index (Phi) is 4.95. The number of amides is 1. The van der Waals surface area contributed by atoms with Gasteiger partial charge in [0.15, 0.2) is 0 Å². The number of carbonyl (C=O) groups is 1. The van der Waals surface area contributed by atoms with Crippen LogP contribution in [0.25, 0.3) is 6.08 Å². The topological polar surface area (TPSA) is 43.1 Å². The molecule has 0 aromatic heterocycles. The molecular formula is C15H21NO. The minimum absolute atomic E-state index is 0.288. The normalized spacial score (nSPS) is 11.0. The molecule has 0 radical (unpaired) electrons. The lowest BCUT2D eigenvalue weighted by Crippen LogP contribution is -2.08. The molecule has 92 valence electrons. The van der Waals surface area contributed by atoms with E-state index in [1.165, 1.54) is 22.3 Å². The minimum atomic E-state index is -0.288. The third-order valence-electron chi connectivity index (χ3n) is 2.86. The van der Waals surface area contributed by atoms with Crippen LogP contribution >= 0.6 is 0 Å². The van der Waals surface area contributed by atoms with Gasteiger partial charge < -0.3 is 5.73 Å². The van der Waals surface area contributed by atoms with Crippen LogP contribution in [0.5, 0.6) is 0 Å². The molecule has 0 fully saturated rings. The van der Waals surface area contributed by atoms with Gasteiger partial charge in [0.2, 0.25) is 5.91 Å². The zero-order valence-corrected chi connectivity index (χ0v) is 10.9. The Morgan fingerprint density at radius 2 is 1.76 bits per heavy atom. The fourth-order valence-corrected chi connectivity index (χ4v) is 2.05. The highest BCUT2D eigenvalue weighted by Crippen LogP contribution is 2.21. The van der Waals surface area contributed by atoms with Crippen molar-refractivity contribution in [2.75, 3.05) is 0 Å². The van der Waals surface area contributed by atoms with Gasteiger partial charge in [-0.25, -0.2) is 0 Å². The van der Waals surface area contributed by atoms with E-state index in [9.17, 15) is 4.79 Å². The van der Waals surface area contributed by atoms with E-state index in [4.69, 9.17) is 5.73 Å². The van der Waals surface area contributed by atoms with Crippen LogP contribution in [-0.4, -0.2) is 5.91 Å². The van der Waals surface area contributed by atoms with Crippen molar-refractivity contribution in [3.63, 3.8) is 0 Å². The molecule has 1 aromatic rings. The zero-order chi connectivity index (χ0) is 12.8. The Labute approximate surface area is 104 Å². The lowest BCUT2D eigenvalue weighted by Gasteiger charge is -2.11. The Balaban J connectivity index is 3.10. The van der Waals surface area contributed by atoms with Gasteiger partial charge in [-0.3, -0.25) is 4.79 Å². The van der Waals surface area contributed by atoms with Gasteiger partial charge in [0, 0.05) is 6.42 Å². The van der Waals surface area contributed by atoms with Gasteiger partial charge in [-0.05, 0) is 36.5 Å². The van der Waals surface area contributed by atoms with Crippen LogP contribution in [0.1, 0.15) is 42.5 Å². The molecule has 2 N–H and O–H groups in total. The second kappa shape index (κ2) is 6.24. The van der Waals surface area contributed by atoms with Gasteiger partial charge in [0.05, 0.1) is 0 Å². The van der Waals surface area contributed by atoms with E-state index >= 15 is 0 Å². The first-order valence-electron chi connectivity index (χ1n) is 6.15. The van der Waals surface area contributed by atoms with Gasteiger partial charge in [-0.15, -0.1) is 0 Å². The molecule has 2 heteroatoms. The quantitative estimate of drug-likeness (QED) is 0.831. The predicted molar refractivity (Wildman–Crippen MR) is 72.8 cm³/mol. The molecule has 0 aliphatic heterocycles. The van der Waals surface area contributed by atoms with Crippen LogP contribution in [0.3, 0.4) is 0 Å². The molecule has 0 saturated carbocycles. The zero-order valence-electron chi connectivity index (χ0n) is 10.9. The fourth-order valence-electron chi connectivity index (χ4n) is 2.05. The summed E-state index contributed by atoms with van der Waals surface area (Å²) in [6.07, 6.45) is 6.20. The Morgan fingerprint density at radius 3 is 2.18 bits per heavy atom. The second-order valence-electron chi connectivity index (χ2n) is 4.28. The standard InChI is InChI=1S/C15H21NO/c1-4-12-9-11(3)10-13(5-2)14(12)7-6-8-15(16)17/h6-7,9-10H,4-5,8H2,1-3H3,(H2,16,17). The highest BCUT2D eigenvalue weighted by Gasteiger charge is 2.04. The molecule has 0 heterocycles. The summed E-state index contributed by atoms with van der Waals surface area (Å²) in [5.74, 6) is -0.288. The molecule has 0 aliphatic rings. The maximum absolute atomic E-state index is 10.7. The van der Waals surface area contributed by atoms with E-state index in [0.29, 0.717) is 6.42 Å². The summed E-state index contributed by atoms with van der Waals surface area (Å²) in [5, 5.41) is 0. The summed E-state index contributed by atoms with van der Waals surface area (Å²) < 4.78 is 0. The lowest BCUT2D eigenvalue weighted by atomic mass is 9.94. The molecule has 1 rings (SSSR count). The average molecular weight is 231 g/mol. The maximum atomic E-state index is 10.7. The molecule has 2 nitrogen and oxygen atoms in total. The molecule has 1 aromatic carbocycles. The molecular weight excluding hydrogens is 210 g/mol. The van der Waals surface area contributed by atoms with Gasteiger partial charge >= 0.3 is 0 Å². The summed E-state index contributed by atoms with van der Waals surface area (Å²) in [5.41, 5.74) is 10.4. The van der Waals surface area contributed by atoms with E-state index in [2.05, 4.69) is 32.9 Å². The number of nitrogens with two attached hydrogens (primary N) is 1. The number of rotatable bonds is 5. The van der Waals surface area contributed by atoms with Crippen molar-refractivity contribution < 1.29 is 4.79 Å². The predicted octanol–water partition coefficient (Wildman–Crippen LogP) is 3.01. The number of carbonyl (C=O) groups excluding carboxylic acids is 1.